The molecule has 0 aliphatic rings. The summed E-state index contributed by atoms with van der Waals surface area (Å²) < 4.78 is 0. The van der Waals surface area contributed by atoms with E-state index in [0.29, 0.717) is 0 Å². The zero-order chi connectivity index (χ0) is 10.7. The summed E-state index contributed by atoms with van der Waals surface area (Å²) in [5.74, 6) is 0. The van der Waals surface area contributed by atoms with E-state index >= 15 is 0 Å². The van der Waals surface area contributed by atoms with Crippen LogP contribution < -0.4 is 11.5 Å². The molecule has 0 spiro atoms. The van der Waals surface area contributed by atoms with Gasteiger partial charge in [0.25, 0.3) is 0 Å². The predicted octanol–water partition coefficient (Wildman–Crippen LogP) is 0.623. The molecule has 0 bridgehead atoms. The maximum atomic E-state index is 9.49. The monoisotopic (exact) mass is 194 g/mol. The third-order valence-corrected chi connectivity index (χ3v) is 2.57. The fraction of sp³-hybridized carbons (Fsp3) is 0.455. The first-order valence-electron chi connectivity index (χ1n) is 4.77. The number of aliphatic hydroxyl groups excluding tert-OH is 1. The minimum Gasteiger partial charge on any atom is -0.390 e. The van der Waals surface area contributed by atoms with Gasteiger partial charge in [0.05, 0.1) is 12.1 Å². The van der Waals surface area contributed by atoms with Gasteiger partial charge in [-0.15, -0.1) is 0 Å². The van der Waals surface area contributed by atoms with Gasteiger partial charge in [0.1, 0.15) is 0 Å². The number of hydrogen-bond donors (Lipinski definition) is 3. The van der Waals surface area contributed by atoms with Gasteiger partial charge in [0.15, 0.2) is 0 Å². The Bertz CT molecular complexity index is 312. The van der Waals surface area contributed by atoms with Gasteiger partial charge in [-0.25, -0.2) is 0 Å². The normalized spacial score (nSPS) is 15.2. The van der Waals surface area contributed by atoms with Crippen molar-refractivity contribution in [2.24, 2.45) is 11.5 Å². The molecule has 0 saturated carbocycles. The van der Waals surface area contributed by atoms with E-state index in [1.54, 1.807) is 0 Å². The molecule has 0 aromatic heterocycles. The van der Waals surface area contributed by atoms with Gasteiger partial charge in [0.2, 0.25) is 0 Å². The minimum absolute atomic E-state index is 0.189. The molecule has 0 fully saturated rings. The number of hydrogen-bond acceptors (Lipinski definition) is 3. The van der Waals surface area contributed by atoms with Gasteiger partial charge in [-0.2, -0.15) is 0 Å². The molecular weight excluding hydrogens is 176 g/mol. The van der Waals surface area contributed by atoms with Gasteiger partial charge in [-0.05, 0) is 30.5 Å². The van der Waals surface area contributed by atoms with Gasteiger partial charge in [-0.3, -0.25) is 0 Å². The van der Waals surface area contributed by atoms with E-state index in [2.05, 4.69) is 0 Å². The Balaban J connectivity index is 2.91. The van der Waals surface area contributed by atoms with Crippen LogP contribution in [0.1, 0.15) is 22.7 Å². The Kier molecular flexibility index (Phi) is 3.63. The van der Waals surface area contributed by atoms with Crippen molar-refractivity contribution in [2.45, 2.75) is 26.0 Å². The van der Waals surface area contributed by atoms with Gasteiger partial charge in [0, 0.05) is 6.54 Å². The topological polar surface area (TPSA) is 72.3 Å². The third kappa shape index (κ3) is 2.32. The highest BCUT2D eigenvalue weighted by atomic mass is 16.3. The number of aryl methyl sites for hydroxylation is 2. The molecule has 2 unspecified atom stereocenters. The largest absolute Gasteiger partial charge is 0.390 e. The second-order valence-corrected chi connectivity index (χ2v) is 3.67. The summed E-state index contributed by atoms with van der Waals surface area (Å²) in [6.45, 7) is 4.26. The van der Waals surface area contributed by atoms with Crippen LogP contribution in [0.2, 0.25) is 0 Å². The summed E-state index contributed by atoms with van der Waals surface area (Å²) in [6, 6.07) is 5.55. The predicted molar refractivity (Wildman–Crippen MR) is 57.9 cm³/mol. The fourth-order valence-electron chi connectivity index (χ4n) is 1.34. The molecule has 1 aromatic carbocycles. The van der Waals surface area contributed by atoms with Gasteiger partial charge < -0.3 is 16.6 Å². The highest BCUT2D eigenvalue weighted by Crippen LogP contribution is 2.17. The van der Waals surface area contributed by atoms with Gasteiger partial charge >= 0.3 is 0 Å². The Morgan fingerprint density at radius 1 is 1.29 bits per heavy atom. The molecule has 0 amide bonds. The molecule has 1 aromatic rings. The first-order valence-corrected chi connectivity index (χ1v) is 4.77. The number of nitrogens with two attached hydrogens (primary N) is 2. The lowest BCUT2D eigenvalue weighted by atomic mass is 9.98. The molecule has 0 aliphatic carbocycles. The van der Waals surface area contributed by atoms with Crippen LogP contribution in [0.15, 0.2) is 18.2 Å². The summed E-state index contributed by atoms with van der Waals surface area (Å²) in [6.07, 6.45) is -0.669. The number of rotatable bonds is 3. The molecule has 0 saturated heterocycles. The second-order valence-electron chi connectivity index (χ2n) is 3.67. The Morgan fingerprint density at radius 2 is 1.93 bits per heavy atom. The lowest BCUT2D eigenvalue weighted by Gasteiger charge is -2.18. The minimum atomic E-state index is -0.669. The van der Waals surface area contributed by atoms with Crippen LogP contribution in [0.25, 0.3) is 0 Å². The molecular formula is C11H18N2O. The molecule has 0 radical (unpaired) electrons. The molecule has 1 rings (SSSR count). The van der Waals surface area contributed by atoms with Crippen LogP contribution in [0, 0.1) is 13.8 Å². The second kappa shape index (κ2) is 4.55. The van der Waals surface area contributed by atoms with Gasteiger partial charge in [-0.1, -0.05) is 18.2 Å². The molecule has 0 heterocycles. The average molecular weight is 194 g/mol. The van der Waals surface area contributed by atoms with Crippen LogP contribution in [0.5, 0.6) is 0 Å². The van der Waals surface area contributed by atoms with Crippen LogP contribution in [0.3, 0.4) is 0 Å². The zero-order valence-corrected chi connectivity index (χ0v) is 8.70. The van der Waals surface area contributed by atoms with Crippen LogP contribution in [0.4, 0.5) is 0 Å². The van der Waals surface area contributed by atoms with Crippen molar-refractivity contribution in [2.75, 3.05) is 6.54 Å². The third-order valence-electron chi connectivity index (χ3n) is 2.57. The van der Waals surface area contributed by atoms with Crippen LogP contribution >= 0.6 is 0 Å². The van der Waals surface area contributed by atoms with Crippen molar-refractivity contribution < 1.29 is 5.11 Å². The van der Waals surface area contributed by atoms with Crippen LogP contribution in [-0.4, -0.2) is 17.8 Å². The highest BCUT2D eigenvalue weighted by molar-refractivity contribution is 5.32. The van der Waals surface area contributed by atoms with Crippen molar-refractivity contribution in [3.63, 3.8) is 0 Å². The van der Waals surface area contributed by atoms with E-state index in [4.69, 9.17) is 11.5 Å². The quantitative estimate of drug-likeness (QED) is 0.660. The van der Waals surface area contributed by atoms with E-state index < -0.39 is 6.10 Å². The van der Waals surface area contributed by atoms with E-state index in [1.807, 2.05) is 32.0 Å². The Hall–Kier alpha value is -0.900. The molecule has 2 atom stereocenters. The van der Waals surface area contributed by atoms with E-state index in [1.165, 1.54) is 11.1 Å². The Morgan fingerprint density at radius 3 is 2.43 bits per heavy atom. The molecule has 0 aliphatic heterocycles. The van der Waals surface area contributed by atoms with Crippen molar-refractivity contribution in [1.29, 1.82) is 0 Å². The fourth-order valence-corrected chi connectivity index (χ4v) is 1.34. The molecule has 5 N–H and O–H groups in total. The van der Waals surface area contributed by atoms with Crippen molar-refractivity contribution in [1.82, 2.24) is 0 Å². The van der Waals surface area contributed by atoms with E-state index in [9.17, 15) is 5.11 Å². The molecule has 14 heavy (non-hydrogen) atoms. The van der Waals surface area contributed by atoms with E-state index in [0.717, 1.165) is 5.56 Å². The lowest BCUT2D eigenvalue weighted by Crippen LogP contribution is -2.32. The summed E-state index contributed by atoms with van der Waals surface area (Å²) in [4.78, 5) is 0. The smallest absolute Gasteiger partial charge is 0.0854 e. The molecule has 3 heteroatoms. The van der Waals surface area contributed by atoms with Crippen LogP contribution in [-0.2, 0) is 0 Å². The van der Waals surface area contributed by atoms with Crippen molar-refractivity contribution in [3.8, 4) is 0 Å². The summed E-state index contributed by atoms with van der Waals surface area (Å²) in [5.41, 5.74) is 14.5. The first-order chi connectivity index (χ1) is 6.56. The summed E-state index contributed by atoms with van der Waals surface area (Å²) in [7, 11) is 0. The summed E-state index contributed by atoms with van der Waals surface area (Å²) in [5, 5.41) is 9.49. The van der Waals surface area contributed by atoms with Crippen molar-refractivity contribution in [3.05, 3.63) is 34.9 Å². The average Bonchev–Trinajstić information content (AvgIpc) is 2.20. The number of benzene rings is 1. The SMILES string of the molecule is Cc1ccc(C(N)C(O)CN)cc1C. The molecule has 3 nitrogen and oxygen atoms in total. The molecule has 78 valence electrons. The summed E-state index contributed by atoms with van der Waals surface area (Å²) >= 11 is 0. The highest BCUT2D eigenvalue weighted by Gasteiger charge is 2.15. The standard InChI is InChI=1S/C11H18N2O/c1-7-3-4-9(5-8(7)2)11(13)10(14)6-12/h3-5,10-11,14H,6,12-13H2,1-2H3. The number of aliphatic hydroxyl groups is 1. The lowest BCUT2D eigenvalue weighted by molar-refractivity contribution is 0.153. The first kappa shape index (κ1) is 11.2. The maximum Gasteiger partial charge on any atom is 0.0854 e. The van der Waals surface area contributed by atoms with Crippen molar-refractivity contribution >= 4 is 0 Å². The van der Waals surface area contributed by atoms with E-state index in [-0.39, 0.29) is 12.6 Å². The zero-order valence-electron chi connectivity index (χ0n) is 8.70. The maximum absolute atomic E-state index is 9.49. The Labute approximate surface area is 84.7 Å².